The fourth-order valence-corrected chi connectivity index (χ4v) is 4.47. The van der Waals surface area contributed by atoms with Crippen molar-refractivity contribution in [2.75, 3.05) is 32.8 Å². The van der Waals surface area contributed by atoms with Crippen LogP contribution in [0.3, 0.4) is 0 Å². The molecule has 0 radical (unpaired) electrons. The fraction of sp³-hybridized carbons (Fsp3) is 0.522. The number of ether oxygens (including phenoxy) is 1. The molecular formula is C23H32ClN3O2. The molecule has 2 N–H and O–H groups in total. The van der Waals surface area contributed by atoms with Crippen LogP contribution < -0.4 is 5.73 Å². The molecule has 6 heteroatoms. The summed E-state index contributed by atoms with van der Waals surface area (Å²) < 4.78 is 7.74. The van der Waals surface area contributed by atoms with E-state index in [1.54, 1.807) is 0 Å². The van der Waals surface area contributed by atoms with Crippen molar-refractivity contribution in [2.24, 2.45) is 5.73 Å². The van der Waals surface area contributed by atoms with Crippen molar-refractivity contribution in [2.45, 2.75) is 46.1 Å². The number of hydrogen-bond donors (Lipinski definition) is 1. The number of unbranched alkanes of at least 4 members (excludes halogenated alkanes) is 1. The summed E-state index contributed by atoms with van der Waals surface area (Å²) in [6.45, 7) is 9.69. The highest BCUT2D eigenvalue weighted by atomic mass is 35.5. The highest BCUT2D eigenvalue weighted by molar-refractivity contribution is 6.33. The zero-order chi connectivity index (χ0) is 20.8. The molecule has 1 aromatic carbocycles. The van der Waals surface area contributed by atoms with E-state index in [2.05, 4.69) is 16.4 Å². The van der Waals surface area contributed by atoms with Crippen LogP contribution in [0.1, 0.15) is 47.9 Å². The predicted octanol–water partition coefficient (Wildman–Crippen LogP) is 4.28. The second-order valence-electron chi connectivity index (χ2n) is 7.69. The number of benzene rings is 1. The van der Waals surface area contributed by atoms with E-state index in [9.17, 15) is 4.79 Å². The summed E-state index contributed by atoms with van der Waals surface area (Å²) in [7, 11) is 0. The van der Waals surface area contributed by atoms with Gasteiger partial charge < -0.3 is 15.0 Å². The maximum absolute atomic E-state index is 12.4. The lowest BCUT2D eigenvalue weighted by Crippen LogP contribution is -2.37. The summed E-state index contributed by atoms with van der Waals surface area (Å²) in [5.41, 5.74) is 10.4. The quantitative estimate of drug-likeness (QED) is 0.662. The predicted molar refractivity (Wildman–Crippen MR) is 119 cm³/mol. The van der Waals surface area contributed by atoms with E-state index >= 15 is 0 Å². The number of morpholine rings is 1. The van der Waals surface area contributed by atoms with Gasteiger partial charge in [-0.05, 0) is 32.3 Å². The highest BCUT2D eigenvalue weighted by Gasteiger charge is 2.25. The Kier molecular flexibility index (Phi) is 7.76. The van der Waals surface area contributed by atoms with Gasteiger partial charge in [-0.1, -0.05) is 43.1 Å². The van der Waals surface area contributed by atoms with Crippen LogP contribution in [0.25, 0.3) is 11.1 Å². The number of aromatic nitrogens is 1. The molecule has 158 valence electrons. The molecule has 29 heavy (non-hydrogen) atoms. The lowest BCUT2D eigenvalue weighted by atomic mass is 9.97. The Bertz CT molecular complexity index is 841. The minimum atomic E-state index is -0.387. The van der Waals surface area contributed by atoms with E-state index in [1.165, 1.54) is 5.69 Å². The van der Waals surface area contributed by atoms with Gasteiger partial charge >= 0.3 is 0 Å². The second kappa shape index (κ2) is 10.3. The van der Waals surface area contributed by atoms with E-state index in [0.29, 0.717) is 10.6 Å². The lowest BCUT2D eigenvalue weighted by molar-refractivity contribution is 0.0369. The lowest BCUT2D eigenvalue weighted by Gasteiger charge is -2.26. The molecule has 0 spiro atoms. The molecular weight excluding hydrogens is 386 g/mol. The van der Waals surface area contributed by atoms with Crippen LogP contribution in [0.2, 0.25) is 5.02 Å². The van der Waals surface area contributed by atoms with Gasteiger partial charge in [0.25, 0.3) is 5.91 Å². The van der Waals surface area contributed by atoms with Gasteiger partial charge in [0.15, 0.2) is 0 Å². The van der Waals surface area contributed by atoms with Gasteiger partial charge in [-0.2, -0.15) is 0 Å². The number of nitrogens with two attached hydrogens (primary N) is 1. The molecule has 5 nitrogen and oxygen atoms in total. The van der Waals surface area contributed by atoms with Crippen LogP contribution in [0.5, 0.6) is 0 Å². The molecule has 1 aliphatic heterocycles. The number of nitrogens with zero attached hydrogens (tertiary/aromatic N) is 2. The first-order valence-corrected chi connectivity index (χ1v) is 11.0. The number of rotatable bonds is 9. The number of primary amides is 1. The van der Waals surface area contributed by atoms with Gasteiger partial charge in [-0.25, -0.2) is 0 Å². The Morgan fingerprint density at radius 1 is 1.17 bits per heavy atom. The van der Waals surface area contributed by atoms with E-state index in [1.807, 2.05) is 31.2 Å². The minimum Gasteiger partial charge on any atom is -0.379 e. The van der Waals surface area contributed by atoms with Crippen molar-refractivity contribution in [3.8, 4) is 11.1 Å². The molecule has 0 atom stereocenters. The summed E-state index contributed by atoms with van der Waals surface area (Å²) in [6, 6.07) is 7.72. The van der Waals surface area contributed by atoms with Crippen molar-refractivity contribution in [3.63, 3.8) is 0 Å². The summed E-state index contributed by atoms with van der Waals surface area (Å²) in [5, 5.41) is 0.651. The maximum atomic E-state index is 12.4. The molecule has 0 bridgehead atoms. The molecule has 1 aromatic heterocycles. The number of hydrogen-bond acceptors (Lipinski definition) is 3. The zero-order valence-corrected chi connectivity index (χ0v) is 18.3. The topological polar surface area (TPSA) is 60.5 Å². The second-order valence-corrected chi connectivity index (χ2v) is 8.10. The van der Waals surface area contributed by atoms with Crippen molar-refractivity contribution < 1.29 is 9.53 Å². The van der Waals surface area contributed by atoms with Crippen LogP contribution >= 0.6 is 11.6 Å². The SMILES string of the molecule is CCCCc1c(-c2ccccc2Cl)c(C(N)=O)c(C)n1CCCN1CCOCC1. The number of amides is 1. The summed E-state index contributed by atoms with van der Waals surface area (Å²) in [4.78, 5) is 14.9. The average Bonchev–Trinajstić information content (AvgIpc) is 2.99. The Labute approximate surface area is 178 Å². The Hall–Kier alpha value is -1.82. The first kappa shape index (κ1) is 21.9. The molecule has 0 saturated carbocycles. The molecule has 0 unspecified atom stereocenters. The maximum Gasteiger partial charge on any atom is 0.251 e. The monoisotopic (exact) mass is 417 g/mol. The molecule has 1 amide bonds. The van der Waals surface area contributed by atoms with Crippen LogP contribution in [0.4, 0.5) is 0 Å². The molecule has 0 aliphatic carbocycles. The van der Waals surface area contributed by atoms with E-state index in [0.717, 1.165) is 81.9 Å². The number of carbonyl (C=O) groups excluding carboxylic acids is 1. The average molecular weight is 418 g/mol. The first-order valence-electron chi connectivity index (χ1n) is 10.6. The largest absolute Gasteiger partial charge is 0.379 e. The fourth-order valence-electron chi connectivity index (χ4n) is 4.24. The molecule has 2 heterocycles. The van der Waals surface area contributed by atoms with Gasteiger partial charge in [0.05, 0.1) is 18.8 Å². The van der Waals surface area contributed by atoms with Gasteiger partial charge in [0.1, 0.15) is 0 Å². The minimum absolute atomic E-state index is 0.387. The van der Waals surface area contributed by atoms with Crippen LogP contribution in [0.15, 0.2) is 24.3 Å². The Morgan fingerprint density at radius 2 is 1.90 bits per heavy atom. The van der Waals surface area contributed by atoms with Crippen molar-refractivity contribution in [1.82, 2.24) is 9.47 Å². The van der Waals surface area contributed by atoms with E-state index in [4.69, 9.17) is 22.1 Å². The smallest absolute Gasteiger partial charge is 0.251 e. The van der Waals surface area contributed by atoms with Crippen molar-refractivity contribution >= 4 is 17.5 Å². The van der Waals surface area contributed by atoms with E-state index < -0.39 is 0 Å². The van der Waals surface area contributed by atoms with Crippen molar-refractivity contribution in [3.05, 3.63) is 46.2 Å². The Morgan fingerprint density at radius 3 is 2.55 bits per heavy atom. The molecule has 1 fully saturated rings. The zero-order valence-electron chi connectivity index (χ0n) is 17.5. The van der Waals surface area contributed by atoms with Crippen molar-refractivity contribution in [1.29, 1.82) is 0 Å². The molecule has 2 aromatic rings. The third kappa shape index (κ3) is 5.03. The van der Waals surface area contributed by atoms with Crippen LogP contribution in [0, 0.1) is 6.92 Å². The normalized spacial score (nSPS) is 15.0. The summed E-state index contributed by atoms with van der Waals surface area (Å²) in [6.07, 6.45) is 4.08. The van der Waals surface area contributed by atoms with Gasteiger partial charge in [-0.15, -0.1) is 0 Å². The summed E-state index contributed by atoms with van der Waals surface area (Å²) >= 11 is 6.53. The van der Waals surface area contributed by atoms with E-state index in [-0.39, 0.29) is 5.91 Å². The molecule has 3 rings (SSSR count). The van der Waals surface area contributed by atoms with Crippen LogP contribution in [-0.2, 0) is 17.7 Å². The standard InChI is InChI=1S/C23H32ClN3O2/c1-3-4-10-20-22(18-8-5-6-9-19(18)24)21(23(25)28)17(2)27(20)12-7-11-26-13-15-29-16-14-26/h5-6,8-9H,3-4,7,10-16H2,1-2H3,(H2,25,28). The molecule has 1 saturated heterocycles. The first-order chi connectivity index (χ1) is 14.0. The third-order valence-electron chi connectivity index (χ3n) is 5.75. The van der Waals surface area contributed by atoms with Gasteiger partial charge in [-0.3, -0.25) is 9.69 Å². The number of carbonyl (C=O) groups is 1. The van der Waals surface area contributed by atoms with Crippen LogP contribution in [-0.4, -0.2) is 48.2 Å². The molecule has 1 aliphatic rings. The number of halogens is 1. The van der Waals surface area contributed by atoms with Gasteiger partial charge in [0, 0.05) is 53.7 Å². The summed E-state index contributed by atoms with van der Waals surface area (Å²) in [5.74, 6) is -0.387. The Balaban J connectivity index is 1.96. The van der Waals surface area contributed by atoms with Gasteiger partial charge in [0.2, 0.25) is 0 Å². The third-order valence-corrected chi connectivity index (χ3v) is 6.08. The highest BCUT2D eigenvalue weighted by Crippen LogP contribution is 2.37.